The van der Waals surface area contributed by atoms with Gasteiger partial charge in [0.15, 0.2) is 5.84 Å². The van der Waals surface area contributed by atoms with E-state index < -0.39 is 10.2 Å². The second-order valence-corrected chi connectivity index (χ2v) is 8.46. The highest BCUT2D eigenvalue weighted by atomic mass is 32.2. The van der Waals surface area contributed by atoms with Crippen molar-refractivity contribution in [3.05, 3.63) is 48.0 Å². The van der Waals surface area contributed by atoms with Crippen molar-refractivity contribution in [1.82, 2.24) is 14.9 Å². The number of hydrogen-bond acceptors (Lipinski definition) is 7. The Balaban J connectivity index is 1.48. The first-order valence-corrected chi connectivity index (χ1v) is 11.1. The summed E-state index contributed by atoms with van der Waals surface area (Å²) in [7, 11) is -3.85. The molecule has 0 bridgehead atoms. The lowest BCUT2D eigenvalue weighted by molar-refractivity contribution is -0.135. The molecule has 1 unspecified atom stereocenters. The van der Waals surface area contributed by atoms with Gasteiger partial charge in [0.05, 0.1) is 23.7 Å². The molecular weight excluding hydrogens is 408 g/mol. The molecule has 0 radical (unpaired) electrons. The number of amidine groups is 1. The zero-order chi connectivity index (χ0) is 21.1. The van der Waals surface area contributed by atoms with Crippen LogP contribution < -0.4 is 15.2 Å². The van der Waals surface area contributed by atoms with Gasteiger partial charge < -0.3 is 15.4 Å². The molecule has 2 aliphatic rings. The molecule has 1 fully saturated rings. The third-order valence-electron chi connectivity index (χ3n) is 5.05. The van der Waals surface area contributed by atoms with Crippen molar-refractivity contribution < 1.29 is 17.9 Å². The average molecular weight is 430 g/mol. The number of nitrogens with one attached hydrogen (secondary N) is 1. The van der Waals surface area contributed by atoms with E-state index in [9.17, 15) is 13.2 Å². The van der Waals surface area contributed by atoms with Crippen molar-refractivity contribution in [2.45, 2.75) is 31.7 Å². The first-order valence-electron chi connectivity index (χ1n) is 9.63. The summed E-state index contributed by atoms with van der Waals surface area (Å²) in [6.07, 6.45) is 6.11. The Bertz CT molecular complexity index is 1070. The Morgan fingerprint density at radius 2 is 2.03 bits per heavy atom. The third-order valence-corrected chi connectivity index (χ3v) is 5.96. The zero-order valence-corrected chi connectivity index (χ0v) is 17.0. The van der Waals surface area contributed by atoms with Gasteiger partial charge in [-0.25, -0.2) is 9.97 Å². The van der Waals surface area contributed by atoms with Crippen LogP contribution in [0.2, 0.25) is 0 Å². The van der Waals surface area contributed by atoms with Gasteiger partial charge in [-0.1, -0.05) is 6.07 Å². The normalized spacial score (nSPS) is 19.9. The van der Waals surface area contributed by atoms with Crippen molar-refractivity contribution in [3.63, 3.8) is 0 Å². The molecule has 2 aromatic rings. The molecule has 4 rings (SSSR count). The van der Waals surface area contributed by atoms with E-state index in [2.05, 4.69) is 19.1 Å². The molecule has 2 aliphatic heterocycles. The molecule has 158 valence electrons. The minimum absolute atomic E-state index is 0.0431. The summed E-state index contributed by atoms with van der Waals surface area (Å²) >= 11 is 0. The quantitative estimate of drug-likeness (QED) is 0.717. The van der Waals surface area contributed by atoms with E-state index >= 15 is 0 Å². The van der Waals surface area contributed by atoms with Crippen LogP contribution in [0.15, 0.2) is 41.1 Å². The monoisotopic (exact) mass is 430 g/mol. The van der Waals surface area contributed by atoms with E-state index in [1.165, 1.54) is 0 Å². The lowest BCUT2D eigenvalue weighted by Crippen LogP contribution is -2.47. The number of aromatic nitrogens is 2. The number of carbonyl (C=O) groups is 1. The van der Waals surface area contributed by atoms with Gasteiger partial charge >= 0.3 is 10.2 Å². The van der Waals surface area contributed by atoms with Crippen LogP contribution in [0.4, 0.5) is 5.69 Å². The van der Waals surface area contributed by atoms with Crippen LogP contribution in [-0.2, 0) is 21.4 Å². The summed E-state index contributed by atoms with van der Waals surface area (Å²) in [5.74, 6) is 0.734. The van der Waals surface area contributed by atoms with Crippen LogP contribution in [0.3, 0.4) is 0 Å². The highest BCUT2D eigenvalue weighted by Crippen LogP contribution is 2.31. The minimum Gasteiger partial charge on any atom is -0.491 e. The molecule has 3 N–H and O–H groups in total. The number of hydrogen-bond donors (Lipinski definition) is 2. The van der Waals surface area contributed by atoms with Crippen molar-refractivity contribution in [2.24, 2.45) is 10.1 Å². The highest BCUT2D eigenvalue weighted by Gasteiger charge is 2.29. The molecule has 1 aromatic heterocycles. The number of ether oxygens (including phenoxy) is 1. The molecule has 0 aliphatic carbocycles. The molecule has 30 heavy (non-hydrogen) atoms. The summed E-state index contributed by atoms with van der Waals surface area (Å²) in [5, 5.41) is 0. The lowest BCUT2D eigenvalue weighted by atomic mass is 10.0. The van der Waals surface area contributed by atoms with Crippen LogP contribution >= 0.6 is 0 Å². The Labute approximate surface area is 174 Å². The van der Waals surface area contributed by atoms with Gasteiger partial charge in [0.1, 0.15) is 18.2 Å². The van der Waals surface area contributed by atoms with Gasteiger partial charge in [-0.2, -0.15) is 8.42 Å². The van der Waals surface area contributed by atoms with Crippen molar-refractivity contribution >= 4 is 27.6 Å². The SMILES string of the molecule is NC1=NS(=O)(=O)Nc2cccc(OCC3CCCCN3C(=O)Cc3ncccn3)c21. The number of benzene rings is 1. The van der Waals surface area contributed by atoms with Gasteiger partial charge in [0.25, 0.3) is 0 Å². The number of fused-ring (bicyclic) bond motifs is 1. The largest absolute Gasteiger partial charge is 0.491 e. The standard InChI is InChI=1S/C19H22N6O4S/c20-19-18-14(23-30(27,28)24-19)6-3-7-15(18)29-12-13-5-1-2-10-25(13)17(26)11-16-21-8-4-9-22-16/h3-4,6-9,13,23H,1-2,5,10-12H2,(H2,20,24). The second kappa shape index (κ2) is 8.27. The molecule has 1 aromatic carbocycles. The number of carbonyl (C=O) groups excluding carboxylic acids is 1. The van der Waals surface area contributed by atoms with Crippen LogP contribution in [0, 0.1) is 0 Å². The summed E-state index contributed by atoms with van der Waals surface area (Å²) in [6, 6.07) is 6.57. The number of likely N-dealkylation sites (tertiary alicyclic amines) is 1. The fraction of sp³-hybridized carbons (Fsp3) is 0.368. The summed E-state index contributed by atoms with van der Waals surface area (Å²) < 4.78 is 35.3. The molecule has 0 saturated carbocycles. The summed E-state index contributed by atoms with van der Waals surface area (Å²) in [5.41, 5.74) is 6.58. The maximum Gasteiger partial charge on any atom is 0.344 e. The van der Waals surface area contributed by atoms with E-state index in [-0.39, 0.29) is 30.8 Å². The molecule has 1 atom stereocenters. The van der Waals surface area contributed by atoms with Gasteiger partial charge in [-0.15, -0.1) is 4.40 Å². The minimum atomic E-state index is -3.85. The first kappa shape index (κ1) is 20.1. The fourth-order valence-corrected chi connectivity index (χ4v) is 4.53. The molecule has 1 amide bonds. The summed E-state index contributed by atoms with van der Waals surface area (Å²) in [6.45, 7) is 0.911. The van der Waals surface area contributed by atoms with E-state index in [0.717, 1.165) is 19.3 Å². The highest BCUT2D eigenvalue weighted by molar-refractivity contribution is 7.91. The third kappa shape index (κ3) is 4.35. The molecule has 10 nitrogen and oxygen atoms in total. The van der Waals surface area contributed by atoms with E-state index in [1.807, 2.05) is 4.90 Å². The molecule has 0 spiro atoms. The Kier molecular flexibility index (Phi) is 5.53. The average Bonchev–Trinajstić information content (AvgIpc) is 2.72. The Morgan fingerprint density at radius 3 is 2.83 bits per heavy atom. The predicted octanol–water partition coefficient (Wildman–Crippen LogP) is 0.855. The zero-order valence-electron chi connectivity index (χ0n) is 16.2. The van der Waals surface area contributed by atoms with Crippen LogP contribution in [0.1, 0.15) is 30.7 Å². The molecule has 1 saturated heterocycles. The van der Waals surface area contributed by atoms with Crippen LogP contribution in [-0.4, -0.2) is 54.2 Å². The number of rotatable bonds is 5. The number of anilines is 1. The van der Waals surface area contributed by atoms with Gasteiger partial charge in [-0.05, 0) is 37.5 Å². The molecule has 11 heteroatoms. The van der Waals surface area contributed by atoms with Crippen molar-refractivity contribution in [3.8, 4) is 5.75 Å². The van der Waals surface area contributed by atoms with E-state index in [0.29, 0.717) is 29.4 Å². The number of piperidine rings is 1. The van der Waals surface area contributed by atoms with Crippen molar-refractivity contribution in [2.75, 3.05) is 17.9 Å². The van der Waals surface area contributed by atoms with E-state index in [4.69, 9.17) is 10.5 Å². The smallest absolute Gasteiger partial charge is 0.344 e. The van der Waals surface area contributed by atoms with Gasteiger partial charge in [0, 0.05) is 18.9 Å². The number of nitrogens with zero attached hydrogens (tertiary/aromatic N) is 4. The van der Waals surface area contributed by atoms with Crippen LogP contribution in [0.25, 0.3) is 0 Å². The maximum absolute atomic E-state index is 12.8. The Hall–Kier alpha value is -3.21. The number of nitrogens with two attached hydrogens (primary N) is 1. The van der Waals surface area contributed by atoms with Crippen LogP contribution in [0.5, 0.6) is 5.75 Å². The maximum atomic E-state index is 12.8. The topological polar surface area (TPSA) is 140 Å². The predicted molar refractivity (Wildman–Crippen MR) is 110 cm³/mol. The summed E-state index contributed by atoms with van der Waals surface area (Å²) in [4.78, 5) is 22.9. The van der Waals surface area contributed by atoms with Crippen molar-refractivity contribution in [1.29, 1.82) is 0 Å². The Morgan fingerprint density at radius 1 is 1.23 bits per heavy atom. The second-order valence-electron chi connectivity index (χ2n) is 7.12. The fourth-order valence-electron chi connectivity index (χ4n) is 3.68. The van der Waals surface area contributed by atoms with E-state index in [1.54, 1.807) is 36.7 Å². The molecular formula is C19H22N6O4S. The first-order chi connectivity index (χ1) is 14.4. The molecule has 3 heterocycles. The van der Waals surface area contributed by atoms with Gasteiger partial charge in [-0.3, -0.25) is 9.52 Å². The lowest BCUT2D eigenvalue weighted by Gasteiger charge is -2.35. The number of amides is 1. The van der Waals surface area contributed by atoms with Gasteiger partial charge in [0.2, 0.25) is 5.91 Å².